The molecule has 1 aliphatic heterocycles. The van der Waals surface area contributed by atoms with E-state index >= 15 is 0 Å². The number of ether oxygens (including phenoxy) is 1. The van der Waals surface area contributed by atoms with Gasteiger partial charge in [0.05, 0.1) is 7.11 Å². The summed E-state index contributed by atoms with van der Waals surface area (Å²) in [4.78, 5) is 16.4. The molecule has 1 fully saturated rings. The number of benzene rings is 1. The van der Waals surface area contributed by atoms with Crippen LogP contribution in [-0.2, 0) is 4.79 Å². The lowest BCUT2D eigenvalue weighted by Crippen LogP contribution is -2.48. The Hall–Kier alpha value is -1.75. The summed E-state index contributed by atoms with van der Waals surface area (Å²) >= 11 is 0. The van der Waals surface area contributed by atoms with Gasteiger partial charge >= 0.3 is 0 Å². The van der Waals surface area contributed by atoms with Gasteiger partial charge in [-0.05, 0) is 32.1 Å². The van der Waals surface area contributed by atoms with Crippen molar-refractivity contribution in [2.45, 2.75) is 12.8 Å². The van der Waals surface area contributed by atoms with Crippen molar-refractivity contribution >= 4 is 11.6 Å². The molecular formula is C16H25N3O2. The van der Waals surface area contributed by atoms with E-state index in [9.17, 15) is 4.79 Å². The molecule has 0 radical (unpaired) electrons. The molecule has 0 bridgehead atoms. The predicted octanol–water partition coefficient (Wildman–Crippen LogP) is 1.34. The van der Waals surface area contributed by atoms with Gasteiger partial charge in [-0.2, -0.15) is 0 Å². The van der Waals surface area contributed by atoms with Gasteiger partial charge in [0.1, 0.15) is 5.75 Å². The van der Waals surface area contributed by atoms with Crippen LogP contribution >= 0.6 is 0 Å². The number of nitrogens with zero attached hydrogens (tertiary/aromatic N) is 2. The second kappa shape index (κ2) is 7.88. The minimum atomic E-state index is 0.274. The smallest absolute Gasteiger partial charge is 0.222 e. The lowest BCUT2D eigenvalue weighted by Gasteiger charge is -2.36. The van der Waals surface area contributed by atoms with Crippen LogP contribution in [0, 0.1) is 0 Å². The van der Waals surface area contributed by atoms with Crippen LogP contribution in [0.5, 0.6) is 5.75 Å². The molecule has 1 heterocycles. The Kier molecular flexibility index (Phi) is 5.87. The molecule has 5 heteroatoms. The fourth-order valence-electron chi connectivity index (χ4n) is 2.60. The molecule has 116 valence electrons. The third-order valence-electron chi connectivity index (χ3n) is 3.87. The van der Waals surface area contributed by atoms with E-state index in [1.54, 1.807) is 7.11 Å². The van der Waals surface area contributed by atoms with Crippen molar-refractivity contribution in [1.29, 1.82) is 0 Å². The minimum absolute atomic E-state index is 0.274. The van der Waals surface area contributed by atoms with Crippen molar-refractivity contribution in [1.82, 2.24) is 10.2 Å². The zero-order chi connectivity index (χ0) is 15.1. The second-order valence-electron chi connectivity index (χ2n) is 5.28. The average Bonchev–Trinajstić information content (AvgIpc) is 2.55. The molecule has 0 unspecified atom stereocenters. The summed E-state index contributed by atoms with van der Waals surface area (Å²) in [5, 5.41) is 3.07. The lowest BCUT2D eigenvalue weighted by molar-refractivity contribution is -0.131. The predicted molar refractivity (Wildman–Crippen MR) is 84.9 cm³/mol. The van der Waals surface area contributed by atoms with E-state index in [1.165, 1.54) is 0 Å². The first kappa shape index (κ1) is 15.6. The van der Waals surface area contributed by atoms with E-state index in [1.807, 2.05) is 30.1 Å². The number of hydrogen-bond acceptors (Lipinski definition) is 4. The number of rotatable bonds is 6. The highest BCUT2D eigenvalue weighted by atomic mass is 16.5. The lowest BCUT2D eigenvalue weighted by atomic mass is 10.2. The largest absolute Gasteiger partial charge is 0.497 e. The van der Waals surface area contributed by atoms with E-state index in [0.717, 1.165) is 50.6 Å². The number of amides is 1. The summed E-state index contributed by atoms with van der Waals surface area (Å²) in [7, 11) is 3.60. The highest BCUT2D eigenvalue weighted by molar-refractivity contribution is 5.76. The molecule has 1 amide bonds. The van der Waals surface area contributed by atoms with Gasteiger partial charge in [-0.15, -0.1) is 0 Å². The van der Waals surface area contributed by atoms with E-state index in [4.69, 9.17) is 4.74 Å². The molecule has 0 atom stereocenters. The van der Waals surface area contributed by atoms with Crippen LogP contribution in [0.2, 0.25) is 0 Å². The van der Waals surface area contributed by atoms with Gasteiger partial charge in [0.25, 0.3) is 0 Å². The van der Waals surface area contributed by atoms with Crippen molar-refractivity contribution in [3.63, 3.8) is 0 Å². The molecule has 0 aromatic heterocycles. The third-order valence-corrected chi connectivity index (χ3v) is 3.87. The molecule has 1 N–H and O–H groups in total. The highest BCUT2D eigenvalue weighted by Gasteiger charge is 2.20. The van der Waals surface area contributed by atoms with Crippen LogP contribution in [0.25, 0.3) is 0 Å². The first-order valence-electron chi connectivity index (χ1n) is 7.56. The van der Waals surface area contributed by atoms with E-state index < -0.39 is 0 Å². The maximum absolute atomic E-state index is 12.1. The van der Waals surface area contributed by atoms with Crippen LogP contribution in [0.4, 0.5) is 5.69 Å². The zero-order valence-electron chi connectivity index (χ0n) is 13.0. The van der Waals surface area contributed by atoms with Crippen molar-refractivity contribution in [3.8, 4) is 5.75 Å². The molecular weight excluding hydrogens is 266 g/mol. The zero-order valence-corrected chi connectivity index (χ0v) is 13.0. The monoisotopic (exact) mass is 291 g/mol. The summed E-state index contributed by atoms with van der Waals surface area (Å²) < 4.78 is 5.26. The van der Waals surface area contributed by atoms with Crippen molar-refractivity contribution in [3.05, 3.63) is 24.3 Å². The normalized spacial score (nSPS) is 15.1. The number of anilines is 1. The Morgan fingerprint density at radius 2 is 2.05 bits per heavy atom. The van der Waals surface area contributed by atoms with Crippen LogP contribution in [0.1, 0.15) is 12.8 Å². The minimum Gasteiger partial charge on any atom is -0.497 e. The molecule has 1 aliphatic rings. The van der Waals surface area contributed by atoms with Gasteiger partial charge in [0.2, 0.25) is 5.91 Å². The first-order valence-corrected chi connectivity index (χ1v) is 7.56. The number of methoxy groups -OCH3 is 1. The summed E-state index contributed by atoms with van der Waals surface area (Å²) in [5.41, 5.74) is 1.16. The van der Waals surface area contributed by atoms with Crippen LogP contribution < -0.4 is 15.0 Å². The summed E-state index contributed by atoms with van der Waals surface area (Å²) in [6.45, 7) is 4.26. The molecule has 1 aromatic carbocycles. The molecule has 5 nitrogen and oxygen atoms in total. The Bertz CT molecular complexity index is 457. The Morgan fingerprint density at radius 3 is 2.71 bits per heavy atom. The SMILES string of the molecule is CNCCCC(=O)N1CCN(c2cccc(OC)c2)CC1. The molecule has 2 rings (SSSR count). The number of piperazine rings is 1. The first-order chi connectivity index (χ1) is 10.2. The molecule has 0 spiro atoms. The van der Waals surface area contributed by atoms with Gasteiger partial charge in [-0.3, -0.25) is 4.79 Å². The van der Waals surface area contributed by atoms with Gasteiger partial charge in [0.15, 0.2) is 0 Å². The fraction of sp³-hybridized carbons (Fsp3) is 0.562. The van der Waals surface area contributed by atoms with Crippen LogP contribution in [0.15, 0.2) is 24.3 Å². The Labute approximate surface area is 126 Å². The number of carbonyl (C=O) groups excluding carboxylic acids is 1. The molecule has 1 aromatic rings. The van der Waals surface area contributed by atoms with Crippen molar-refractivity contribution in [2.75, 3.05) is 51.8 Å². The quantitative estimate of drug-likeness (QED) is 0.804. The van der Waals surface area contributed by atoms with Crippen LogP contribution in [-0.4, -0.2) is 57.7 Å². The number of hydrogen-bond donors (Lipinski definition) is 1. The molecule has 1 saturated heterocycles. The summed E-state index contributed by atoms with van der Waals surface area (Å²) in [6.07, 6.45) is 1.55. The number of carbonyl (C=O) groups is 1. The third kappa shape index (κ3) is 4.36. The van der Waals surface area contributed by atoms with Crippen molar-refractivity contribution < 1.29 is 9.53 Å². The van der Waals surface area contributed by atoms with Gasteiger partial charge < -0.3 is 19.9 Å². The van der Waals surface area contributed by atoms with Crippen molar-refractivity contribution in [2.24, 2.45) is 0 Å². The molecule has 0 aliphatic carbocycles. The van der Waals surface area contributed by atoms with Gasteiger partial charge in [0, 0.05) is 44.4 Å². The summed E-state index contributed by atoms with van der Waals surface area (Å²) in [6, 6.07) is 8.09. The standard InChI is InChI=1S/C16H25N3O2/c1-17-8-4-7-16(20)19-11-9-18(10-12-19)14-5-3-6-15(13-14)21-2/h3,5-6,13,17H,4,7-12H2,1-2H3. The average molecular weight is 291 g/mol. The van der Waals surface area contributed by atoms with E-state index in [-0.39, 0.29) is 5.91 Å². The molecule has 0 saturated carbocycles. The summed E-state index contributed by atoms with van der Waals surface area (Å²) in [5.74, 6) is 1.15. The second-order valence-corrected chi connectivity index (χ2v) is 5.28. The Morgan fingerprint density at radius 1 is 1.29 bits per heavy atom. The Balaban J connectivity index is 1.83. The van der Waals surface area contributed by atoms with E-state index in [0.29, 0.717) is 6.42 Å². The van der Waals surface area contributed by atoms with E-state index in [2.05, 4.69) is 16.3 Å². The maximum Gasteiger partial charge on any atom is 0.222 e. The highest BCUT2D eigenvalue weighted by Crippen LogP contribution is 2.22. The van der Waals surface area contributed by atoms with Crippen LogP contribution in [0.3, 0.4) is 0 Å². The fourth-order valence-corrected chi connectivity index (χ4v) is 2.60. The molecule has 21 heavy (non-hydrogen) atoms. The topological polar surface area (TPSA) is 44.8 Å². The van der Waals surface area contributed by atoms with Gasteiger partial charge in [-0.1, -0.05) is 6.07 Å². The van der Waals surface area contributed by atoms with Gasteiger partial charge in [-0.25, -0.2) is 0 Å². The maximum atomic E-state index is 12.1. The number of nitrogens with one attached hydrogen (secondary N) is 1.